The van der Waals surface area contributed by atoms with E-state index in [2.05, 4.69) is 10.7 Å². The molecule has 1 heterocycles. The zero-order valence-corrected chi connectivity index (χ0v) is 15.7. The van der Waals surface area contributed by atoms with Gasteiger partial charge < -0.3 is 14.8 Å². The maximum atomic E-state index is 12.7. The van der Waals surface area contributed by atoms with Gasteiger partial charge in [0.2, 0.25) is 5.91 Å². The summed E-state index contributed by atoms with van der Waals surface area (Å²) in [5.41, 5.74) is 2.47. The number of ether oxygens (including phenoxy) is 2. The quantitative estimate of drug-likeness (QED) is 0.741. The van der Waals surface area contributed by atoms with Crippen LogP contribution in [0.5, 0.6) is 11.5 Å². The van der Waals surface area contributed by atoms with Crippen molar-refractivity contribution in [2.45, 2.75) is 50.5 Å². The Morgan fingerprint density at radius 1 is 1.11 bits per heavy atom. The first-order valence-corrected chi connectivity index (χ1v) is 9.15. The highest BCUT2D eigenvalue weighted by Gasteiger charge is 2.52. The number of carbonyl (C=O) groups is 3. The molecule has 2 fully saturated rings. The predicted octanol–water partition coefficient (Wildman–Crippen LogP) is 1.92. The predicted molar refractivity (Wildman–Crippen MR) is 97.2 cm³/mol. The number of hydrazine groups is 1. The second-order valence-electron chi connectivity index (χ2n) is 6.97. The van der Waals surface area contributed by atoms with E-state index in [9.17, 15) is 14.4 Å². The molecule has 1 aliphatic carbocycles. The minimum absolute atomic E-state index is 0.125. The average Bonchev–Trinajstić information content (AvgIpc) is 2.90. The number of nitrogens with one attached hydrogen (secondary N) is 2. The minimum Gasteiger partial charge on any atom is -0.497 e. The molecular weight excluding hydrogens is 350 g/mol. The van der Waals surface area contributed by atoms with Crippen molar-refractivity contribution in [3.63, 3.8) is 0 Å². The zero-order chi connectivity index (χ0) is 19.4. The number of imide groups is 1. The fraction of sp³-hybridized carbons (Fsp3) is 0.526. The van der Waals surface area contributed by atoms with Crippen LogP contribution in [0.15, 0.2) is 18.2 Å². The number of methoxy groups -OCH3 is 2. The van der Waals surface area contributed by atoms with Crippen molar-refractivity contribution in [1.29, 1.82) is 0 Å². The van der Waals surface area contributed by atoms with Gasteiger partial charge in [0.25, 0.3) is 5.91 Å². The second kappa shape index (κ2) is 7.85. The molecule has 1 saturated carbocycles. The Kier molecular flexibility index (Phi) is 5.53. The second-order valence-corrected chi connectivity index (χ2v) is 6.97. The van der Waals surface area contributed by atoms with Gasteiger partial charge in [-0.25, -0.2) is 4.79 Å². The molecule has 2 aliphatic rings. The molecule has 4 amide bonds. The van der Waals surface area contributed by atoms with Gasteiger partial charge in [0.15, 0.2) is 0 Å². The van der Waals surface area contributed by atoms with Gasteiger partial charge in [-0.3, -0.25) is 15.0 Å². The molecule has 1 spiro atoms. The SMILES string of the molecule is COc1cc(CCC(=O)NN2C(=O)NC3(CCCCC3)C2=O)cc(OC)c1. The first-order chi connectivity index (χ1) is 13.0. The normalized spacial score (nSPS) is 18.4. The maximum absolute atomic E-state index is 12.7. The molecule has 0 aromatic heterocycles. The molecule has 3 rings (SSSR count). The third-order valence-corrected chi connectivity index (χ3v) is 5.16. The van der Waals surface area contributed by atoms with E-state index >= 15 is 0 Å². The van der Waals surface area contributed by atoms with Crippen LogP contribution in [0.4, 0.5) is 4.79 Å². The fourth-order valence-corrected chi connectivity index (χ4v) is 3.67. The lowest BCUT2D eigenvalue weighted by atomic mass is 9.82. The van der Waals surface area contributed by atoms with E-state index < -0.39 is 17.5 Å². The molecule has 1 aromatic carbocycles. The summed E-state index contributed by atoms with van der Waals surface area (Å²) in [4.78, 5) is 37.1. The summed E-state index contributed by atoms with van der Waals surface area (Å²) in [5.74, 6) is 0.521. The van der Waals surface area contributed by atoms with Crippen LogP contribution in [0.3, 0.4) is 0 Å². The molecule has 27 heavy (non-hydrogen) atoms. The molecule has 2 N–H and O–H groups in total. The molecule has 8 nitrogen and oxygen atoms in total. The lowest BCUT2D eigenvalue weighted by Gasteiger charge is -2.30. The largest absolute Gasteiger partial charge is 0.497 e. The Balaban J connectivity index is 1.59. The maximum Gasteiger partial charge on any atom is 0.344 e. The molecule has 1 aromatic rings. The molecule has 8 heteroatoms. The van der Waals surface area contributed by atoms with Gasteiger partial charge in [0, 0.05) is 12.5 Å². The monoisotopic (exact) mass is 375 g/mol. The number of aryl methyl sites for hydroxylation is 1. The Labute approximate surface area is 158 Å². The van der Waals surface area contributed by atoms with Gasteiger partial charge in [0.05, 0.1) is 14.2 Å². The van der Waals surface area contributed by atoms with Crippen LogP contribution < -0.4 is 20.2 Å². The third kappa shape index (κ3) is 3.99. The summed E-state index contributed by atoms with van der Waals surface area (Å²) in [7, 11) is 3.12. The molecule has 1 aliphatic heterocycles. The standard InChI is InChI=1S/C19H25N3O5/c1-26-14-10-13(11-15(12-14)27-2)6-7-16(23)21-22-17(24)19(20-18(22)25)8-4-3-5-9-19/h10-12H,3-9H2,1-2H3,(H,20,25)(H,21,23). The fourth-order valence-electron chi connectivity index (χ4n) is 3.67. The average molecular weight is 375 g/mol. The summed E-state index contributed by atoms with van der Waals surface area (Å²) in [6.45, 7) is 0. The Morgan fingerprint density at radius 2 is 1.74 bits per heavy atom. The van der Waals surface area contributed by atoms with Crippen molar-refractivity contribution >= 4 is 17.8 Å². The summed E-state index contributed by atoms with van der Waals surface area (Å²) in [5, 5.41) is 3.60. The lowest BCUT2D eigenvalue weighted by Crippen LogP contribution is -2.51. The van der Waals surface area contributed by atoms with E-state index in [1.165, 1.54) is 0 Å². The summed E-state index contributed by atoms with van der Waals surface area (Å²) < 4.78 is 10.4. The van der Waals surface area contributed by atoms with E-state index in [-0.39, 0.29) is 12.3 Å². The van der Waals surface area contributed by atoms with Crippen LogP contribution >= 0.6 is 0 Å². The smallest absolute Gasteiger partial charge is 0.344 e. The Morgan fingerprint density at radius 3 is 2.33 bits per heavy atom. The van der Waals surface area contributed by atoms with Crippen molar-refractivity contribution in [3.05, 3.63) is 23.8 Å². The van der Waals surface area contributed by atoms with E-state index in [0.29, 0.717) is 30.8 Å². The van der Waals surface area contributed by atoms with Crippen LogP contribution in [-0.2, 0) is 16.0 Å². The Bertz CT molecular complexity index is 721. The van der Waals surface area contributed by atoms with Gasteiger partial charge in [-0.1, -0.05) is 19.3 Å². The highest BCUT2D eigenvalue weighted by atomic mass is 16.5. The Hall–Kier alpha value is -2.77. The van der Waals surface area contributed by atoms with Crippen LogP contribution in [0, 0.1) is 0 Å². The number of hydrogen-bond donors (Lipinski definition) is 2. The van der Waals surface area contributed by atoms with Crippen molar-refractivity contribution < 1.29 is 23.9 Å². The highest BCUT2D eigenvalue weighted by molar-refractivity contribution is 6.08. The topological polar surface area (TPSA) is 97.0 Å². The molecular formula is C19H25N3O5. The molecule has 0 radical (unpaired) electrons. The van der Waals surface area contributed by atoms with Crippen molar-refractivity contribution in [3.8, 4) is 11.5 Å². The van der Waals surface area contributed by atoms with E-state index in [1.54, 1.807) is 20.3 Å². The number of urea groups is 1. The third-order valence-electron chi connectivity index (χ3n) is 5.16. The highest BCUT2D eigenvalue weighted by Crippen LogP contribution is 2.33. The zero-order valence-electron chi connectivity index (χ0n) is 15.7. The summed E-state index contributed by atoms with van der Waals surface area (Å²) in [6, 6.07) is 4.83. The van der Waals surface area contributed by atoms with Crippen molar-refractivity contribution in [2.24, 2.45) is 0 Å². The van der Waals surface area contributed by atoms with Gasteiger partial charge >= 0.3 is 6.03 Å². The van der Waals surface area contributed by atoms with Gasteiger partial charge in [-0.05, 0) is 37.0 Å². The molecule has 146 valence electrons. The number of rotatable bonds is 6. The van der Waals surface area contributed by atoms with Crippen molar-refractivity contribution in [2.75, 3.05) is 14.2 Å². The number of benzene rings is 1. The van der Waals surface area contributed by atoms with E-state index in [1.807, 2.05) is 12.1 Å². The van der Waals surface area contributed by atoms with Crippen LogP contribution in [0.1, 0.15) is 44.1 Å². The van der Waals surface area contributed by atoms with Crippen LogP contribution in [0.2, 0.25) is 0 Å². The summed E-state index contributed by atoms with van der Waals surface area (Å²) >= 11 is 0. The first kappa shape index (κ1) is 19.0. The minimum atomic E-state index is -0.844. The molecule has 0 unspecified atom stereocenters. The molecule has 1 saturated heterocycles. The first-order valence-electron chi connectivity index (χ1n) is 9.15. The number of hydrogen-bond acceptors (Lipinski definition) is 5. The van der Waals surface area contributed by atoms with Crippen LogP contribution in [0.25, 0.3) is 0 Å². The number of amides is 4. The molecule has 0 atom stereocenters. The summed E-state index contributed by atoms with van der Waals surface area (Å²) in [6.07, 6.45) is 4.63. The van der Waals surface area contributed by atoms with Gasteiger partial charge in [-0.15, -0.1) is 0 Å². The van der Waals surface area contributed by atoms with Crippen LogP contribution in [-0.4, -0.2) is 42.6 Å². The number of nitrogens with zero attached hydrogens (tertiary/aromatic N) is 1. The lowest BCUT2D eigenvalue weighted by molar-refractivity contribution is -0.139. The number of carbonyl (C=O) groups excluding carboxylic acids is 3. The van der Waals surface area contributed by atoms with E-state index in [0.717, 1.165) is 29.8 Å². The van der Waals surface area contributed by atoms with Gasteiger partial charge in [-0.2, -0.15) is 5.01 Å². The van der Waals surface area contributed by atoms with Gasteiger partial charge in [0.1, 0.15) is 17.0 Å². The van der Waals surface area contributed by atoms with Crippen molar-refractivity contribution in [1.82, 2.24) is 15.8 Å². The van der Waals surface area contributed by atoms with E-state index in [4.69, 9.17) is 9.47 Å². The molecule has 0 bridgehead atoms.